The van der Waals surface area contributed by atoms with Gasteiger partial charge in [0.1, 0.15) is 0 Å². The van der Waals surface area contributed by atoms with E-state index in [0.29, 0.717) is 11.6 Å². The van der Waals surface area contributed by atoms with Crippen LogP contribution in [0.15, 0.2) is 28.2 Å². The topological polar surface area (TPSA) is 88.8 Å². The maximum absolute atomic E-state index is 5.88. The van der Waals surface area contributed by atoms with Gasteiger partial charge in [0.15, 0.2) is 0 Å². The fraction of sp³-hybridized carbons (Fsp3) is 0.385. The molecule has 0 heterocycles. The van der Waals surface area contributed by atoms with Gasteiger partial charge in [-0.2, -0.15) is 4.99 Å². The molecule has 0 spiro atoms. The highest BCUT2D eigenvalue weighted by atomic mass is 35.5. The lowest BCUT2D eigenvalue weighted by atomic mass is 10.2. The fourth-order valence-corrected chi connectivity index (χ4v) is 1.67. The van der Waals surface area contributed by atoms with Crippen LogP contribution in [0.1, 0.15) is 25.3 Å². The summed E-state index contributed by atoms with van der Waals surface area (Å²) in [4.78, 5) is 8.08. The third-order valence-electron chi connectivity index (χ3n) is 2.47. The molecule has 1 aromatic carbocycles. The van der Waals surface area contributed by atoms with Crippen molar-refractivity contribution in [3.05, 3.63) is 28.8 Å². The summed E-state index contributed by atoms with van der Waals surface area (Å²) in [5.74, 6) is 0.397. The van der Waals surface area contributed by atoms with Gasteiger partial charge in [-0.1, -0.05) is 24.9 Å². The maximum atomic E-state index is 5.88. The number of hydrogen-bond acceptors (Lipinski definition) is 1. The van der Waals surface area contributed by atoms with Crippen LogP contribution in [0.25, 0.3) is 0 Å². The van der Waals surface area contributed by atoms with Crippen LogP contribution in [0.3, 0.4) is 0 Å². The van der Waals surface area contributed by atoms with E-state index >= 15 is 0 Å². The van der Waals surface area contributed by atoms with Gasteiger partial charge in [0.2, 0.25) is 11.9 Å². The first kappa shape index (κ1) is 15.3. The van der Waals surface area contributed by atoms with E-state index in [0.717, 1.165) is 24.1 Å². The molecule has 1 aromatic rings. The van der Waals surface area contributed by atoms with Crippen LogP contribution in [0.2, 0.25) is 5.02 Å². The quantitative estimate of drug-likeness (QED) is 0.450. The fourth-order valence-electron chi connectivity index (χ4n) is 1.44. The van der Waals surface area contributed by atoms with E-state index < -0.39 is 0 Å². The van der Waals surface area contributed by atoms with E-state index in [1.54, 1.807) is 6.07 Å². The molecule has 104 valence electrons. The Bertz CT molecular complexity index is 482. The molecule has 0 atom stereocenters. The molecule has 6 heteroatoms. The summed E-state index contributed by atoms with van der Waals surface area (Å²) in [6.07, 6.45) is 2.05. The number of rotatable bonds is 4. The summed E-state index contributed by atoms with van der Waals surface area (Å²) < 4.78 is 0. The van der Waals surface area contributed by atoms with Gasteiger partial charge < -0.3 is 16.8 Å². The summed E-state index contributed by atoms with van der Waals surface area (Å²) in [6.45, 7) is 4.69. The van der Waals surface area contributed by atoms with Gasteiger partial charge in [-0.15, -0.1) is 0 Å². The van der Waals surface area contributed by atoms with Gasteiger partial charge in [0.25, 0.3) is 0 Å². The lowest BCUT2D eigenvalue weighted by molar-refractivity contribution is 0.806. The maximum Gasteiger partial charge on any atom is 0.218 e. The molecule has 0 unspecified atom stereocenters. The molecule has 0 bridgehead atoms. The second-order valence-electron chi connectivity index (χ2n) is 4.17. The van der Waals surface area contributed by atoms with Crippen molar-refractivity contribution in [1.82, 2.24) is 0 Å². The normalized spacial score (nSPS) is 12.6. The van der Waals surface area contributed by atoms with E-state index in [1.807, 2.05) is 19.1 Å². The molecule has 1 rings (SSSR count). The highest BCUT2D eigenvalue weighted by molar-refractivity contribution is 6.30. The number of aryl methyl sites for hydroxylation is 1. The van der Waals surface area contributed by atoms with E-state index in [2.05, 4.69) is 22.2 Å². The number of hydrogen-bond donors (Lipinski definition) is 3. The molecule has 0 aliphatic carbocycles. The second-order valence-corrected chi connectivity index (χ2v) is 4.61. The summed E-state index contributed by atoms with van der Waals surface area (Å²) >= 11 is 5.88. The first-order chi connectivity index (χ1) is 9.02. The van der Waals surface area contributed by atoms with Crippen LogP contribution in [0.4, 0.5) is 5.69 Å². The van der Waals surface area contributed by atoms with Crippen molar-refractivity contribution in [1.29, 1.82) is 0 Å². The molecule has 0 aromatic heterocycles. The zero-order valence-electron chi connectivity index (χ0n) is 11.3. The third-order valence-corrected chi connectivity index (χ3v) is 2.71. The second kappa shape index (κ2) is 7.63. The molecule has 0 aliphatic heterocycles. The molecule has 5 N–H and O–H groups in total. The van der Waals surface area contributed by atoms with Crippen molar-refractivity contribution in [2.24, 2.45) is 21.5 Å². The van der Waals surface area contributed by atoms with Gasteiger partial charge in [-0.05, 0) is 37.1 Å². The van der Waals surface area contributed by atoms with Crippen molar-refractivity contribution in [2.45, 2.75) is 26.7 Å². The largest absolute Gasteiger partial charge is 0.369 e. The zero-order valence-corrected chi connectivity index (χ0v) is 12.0. The Morgan fingerprint density at radius 1 is 1.37 bits per heavy atom. The van der Waals surface area contributed by atoms with Crippen molar-refractivity contribution in [3.63, 3.8) is 0 Å². The summed E-state index contributed by atoms with van der Waals surface area (Å²) in [6, 6.07) is 5.46. The van der Waals surface area contributed by atoms with Gasteiger partial charge in [0, 0.05) is 17.3 Å². The number of nitrogens with two attached hydrogens (primary N) is 2. The molecule has 0 saturated heterocycles. The Kier molecular flexibility index (Phi) is 6.15. The monoisotopic (exact) mass is 281 g/mol. The van der Waals surface area contributed by atoms with Gasteiger partial charge in [-0.25, -0.2) is 0 Å². The third kappa shape index (κ3) is 5.61. The number of anilines is 1. The van der Waals surface area contributed by atoms with Crippen molar-refractivity contribution >= 4 is 29.2 Å². The summed E-state index contributed by atoms with van der Waals surface area (Å²) in [7, 11) is 0. The number of nitrogens with zero attached hydrogens (tertiary/aromatic N) is 2. The molecular formula is C13H20ClN5. The predicted octanol–water partition coefficient (Wildman–Crippen LogP) is 2.49. The van der Waals surface area contributed by atoms with E-state index in [9.17, 15) is 0 Å². The van der Waals surface area contributed by atoms with Crippen LogP contribution < -0.4 is 16.8 Å². The van der Waals surface area contributed by atoms with Crippen LogP contribution >= 0.6 is 11.6 Å². The molecule has 5 nitrogen and oxygen atoms in total. The predicted molar refractivity (Wildman–Crippen MR) is 82.8 cm³/mol. The molecule has 0 radical (unpaired) electrons. The first-order valence-corrected chi connectivity index (χ1v) is 6.58. The number of unbranched alkanes of at least 4 members (excludes halogenated alkanes) is 1. The van der Waals surface area contributed by atoms with Crippen LogP contribution in [0.5, 0.6) is 0 Å². The van der Waals surface area contributed by atoms with Crippen molar-refractivity contribution in [3.8, 4) is 0 Å². The van der Waals surface area contributed by atoms with E-state index in [4.69, 9.17) is 23.1 Å². The Labute approximate surface area is 118 Å². The molecule has 0 saturated carbocycles. The van der Waals surface area contributed by atoms with Gasteiger partial charge >= 0.3 is 0 Å². The first-order valence-electron chi connectivity index (χ1n) is 6.20. The zero-order chi connectivity index (χ0) is 14.3. The van der Waals surface area contributed by atoms with Crippen LogP contribution in [-0.4, -0.2) is 18.5 Å². The smallest absolute Gasteiger partial charge is 0.218 e. The lowest BCUT2D eigenvalue weighted by Gasteiger charge is -2.08. The lowest BCUT2D eigenvalue weighted by Crippen LogP contribution is -2.26. The number of aliphatic imine (C=N–C) groups is 2. The standard InChI is InChI=1S/C13H20ClN5/c1-3-4-7-17-12(15)19-13(16)18-11-6-5-10(14)8-9(11)2/h5-6,8H,3-4,7H2,1-2H3,(H5,15,16,17,18,19). The molecule has 19 heavy (non-hydrogen) atoms. The molecule has 0 amide bonds. The average Bonchev–Trinajstić information content (AvgIpc) is 2.33. The van der Waals surface area contributed by atoms with E-state index in [-0.39, 0.29) is 11.9 Å². The number of benzene rings is 1. The minimum Gasteiger partial charge on any atom is -0.369 e. The number of nitrogens with one attached hydrogen (secondary N) is 1. The Morgan fingerprint density at radius 3 is 2.74 bits per heavy atom. The summed E-state index contributed by atoms with van der Waals surface area (Å²) in [5.41, 5.74) is 13.2. The minimum absolute atomic E-state index is 0.185. The molecular weight excluding hydrogens is 262 g/mol. The SMILES string of the molecule is CCCCN=C(N)/N=C(\N)Nc1ccc(Cl)cc1C. The van der Waals surface area contributed by atoms with Crippen molar-refractivity contribution < 1.29 is 0 Å². The van der Waals surface area contributed by atoms with Gasteiger partial charge in [-0.3, -0.25) is 4.99 Å². The number of guanidine groups is 2. The van der Waals surface area contributed by atoms with Gasteiger partial charge in [0.05, 0.1) is 0 Å². The van der Waals surface area contributed by atoms with E-state index in [1.165, 1.54) is 0 Å². The van der Waals surface area contributed by atoms with Crippen LogP contribution in [0, 0.1) is 6.92 Å². The minimum atomic E-state index is 0.185. The number of halogens is 1. The Morgan fingerprint density at radius 2 is 2.11 bits per heavy atom. The Hall–Kier alpha value is -1.75. The van der Waals surface area contributed by atoms with Crippen molar-refractivity contribution in [2.75, 3.05) is 11.9 Å². The van der Waals surface area contributed by atoms with Crippen LogP contribution in [-0.2, 0) is 0 Å². The average molecular weight is 282 g/mol. The Balaban J connectivity index is 2.67. The summed E-state index contributed by atoms with van der Waals surface area (Å²) in [5, 5.41) is 3.65. The highest BCUT2D eigenvalue weighted by Crippen LogP contribution is 2.19. The molecule has 0 aliphatic rings. The molecule has 0 fully saturated rings. The highest BCUT2D eigenvalue weighted by Gasteiger charge is 2.01.